The number of nitro benzene ring substituents is 1. The molecule has 2 amide bonds. The minimum absolute atomic E-state index is 0.0853. The summed E-state index contributed by atoms with van der Waals surface area (Å²) in [6.45, 7) is 5.06. The van der Waals surface area contributed by atoms with Crippen LogP contribution in [0, 0.1) is 28.4 Å². The molecule has 0 saturated heterocycles. The summed E-state index contributed by atoms with van der Waals surface area (Å²) >= 11 is 0. The molecule has 2 aromatic rings. The lowest BCUT2D eigenvalue weighted by Crippen LogP contribution is -2.42. The highest BCUT2D eigenvalue weighted by atomic mass is 16.6. The van der Waals surface area contributed by atoms with Crippen molar-refractivity contribution in [3.63, 3.8) is 0 Å². The molecule has 0 unspecified atom stereocenters. The minimum Gasteiger partial charge on any atom is -0.456 e. The average Bonchev–Trinajstić information content (AvgIpc) is 3.14. The van der Waals surface area contributed by atoms with Gasteiger partial charge in [0.1, 0.15) is 23.2 Å². The van der Waals surface area contributed by atoms with Crippen molar-refractivity contribution in [3.8, 4) is 17.4 Å². The fraction of sp³-hybridized carbons (Fsp3) is 0.190. The number of nitrogens with zero attached hydrogens (tertiary/aromatic N) is 3. The third-order valence-corrected chi connectivity index (χ3v) is 4.67. The summed E-state index contributed by atoms with van der Waals surface area (Å²) in [4.78, 5) is 36.8. The molecule has 0 radical (unpaired) electrons. The van der Waals surface area contributed by atoms with E-state index in [0.717, 1.165) is 10.5 Å². The van der Waals surface area contributed by atoms with Gasteiger partial charge in [0.15, 0.2) is 0 Å². The number of aryl methyl sites for hydroxylation is 1. The number of rotatable bonds is 4. The van der Waals surface area contributed by atoms with Crippen molar-refractivity contribution in [2.45, 2.75) is 20.8 Å². The summed E-state index contributed by atoms with van der Waals surface area (Å²) in [5.74, 6) is -0.587. The molecule has 1 aromatic carbocycles. The van der Waals surface area contributed by atoms with Crippen LogP contribution in [0.25, 0.3) is 17.4 Å². The monoisotopic (exact) mass is 391 g/mol. The Hall–Kier alpha value is -3.99. The number of likely N-dealkylation sites (N-methyl/N-ethyl adjacent to an activating group) is 1. The van der Waals surface area contributed by atoms with Gasteiger partial charge in [0.2, 0.25) is 0 Å². The Bertz CT molecular complexity index is 1150. The second-order valence-electron chi connectivity index (χ2n) is 6.50. The van der Waals surface area contributed by atoms with E-state index < -0.39 is 16.7 Å². The van der Waals surface area contributed by atoms with E-state index >= 15 is 0 Å². The van der Waals surface area contributed by atoms with Gasteiger partial charge in [-0.15, -0.1) is 0 Å². The number of hydrogen-bond acceptors (Lipinski definition) is 6. The van der Waals surface area contributed by atoms with E-state index in [4.69, 9.17) is 4.42 Å². The fourth-order valence-corrected chi connectivity index (χ4v) is 3.14. The Morgan fingerprint density at radius 2 is 1.93 bits per heavy atom. The average molecular weight is 391 g/mol. The van der Waals surface area contributed by atoms with Crippen LogP contribution >= 0.6 is 0 Å². The van der Waals surface area contributed by atoms with Crippen LogP contribution in [0.5, 0.6) is 0 Å². The van der Waals surface area contributed by atoms with E-state index in [2.05, 4.69) is 0 Å². The Morgan fingerprint density at radius 1 is 1.21 bits per heavy atom. The molecule has 0 saturated carbocycles. The van der Waals surface area contributed by atoms with Crippen molar-refractivity contribution in [2.24, 2.45) is 0 Å². The maximum absolute atomic E-state index is 12.7. The van der Waals surface area contributed by atoms with Crippen LogP contribution < -0.4 is 0 Å². The van der Waals surface area contributed by atoms with Crippen molar-refractivity contribution in [2.75, 3.05) is 6.54 Å². The normalized spacial score (nSPS) is 15.8. The number of amides is 2. The molecule has 29 heavy (non-hydrogen) atoms. The Balaban J connectivity index is 2.08. The quantitative estimate of drug-likeness (QED) is 0.339. The number of carbonyl (C=O) groups excluding carboxylic acids is 2. The molecule has 2 heterocycles. The van der Waals surface area contributed by atoms with Crippen LogP contribution in [0.4, 0.5) is 5.69 Å². The van der Waals surface area contributed by atoms with Crippen LogP contribution in [0.1, 0.15) is 25.2 Å². The summed E-state index contributed by atoms with van der Waals surface area (Å²) in [5, 5.41) is 20.7. The third-order valence-electron chi connectivity index (χ3n) is 4.67. The topological polar surface area (TPSA) is 117 Å². The van der Waals surface area contributed by atoms with Gasteiger partial charge in [0.25, 0.3) is 17.5 Å². The SMILES string of the molecule is CCN1C(=O)C(C#N)=C(C)/C(=C\c2ccc(-c3ccc(C)cc3[N+](=O)[O-])o2)C1=O. The predicted molar refractivity (Wildman–Crippen MR) is 104 cm³/mol. The summed E-state index contributed by atoms with van der Waals surface area (Å²) in [6, 6.07) is 9.80. The molecule has 0 spiro atoms. The molecule has 1 aromatic heterocycles. The van der Waals surface area contributed by atoms with Gasteiger partial charge in [-0.25, -0.2) is 0 Å². The molecule has 3 rings (SSSR count). The third kappa shape index (κ3) is 3.46. The van der Waals surface area contributed by atoms with Crippen molar-refractivity contribution < 1.29 is 18.9 Å². The van der Waals surface area contributed by atoms with Crippen LogP contribution in [0.15, 0.2) is 51.5 Å². The first-order valence-corrected chi connectivity index (χ1v) is 8.83. The van der Waals surface area contributed by atoms with E-state index in [1.807, 2.05) is 6.07 Å². The second kappa shape index (κ2) is 7.56. The van der Waals surface area contributed by atoms with E-state index in [9.17, 15) is 25.0 Å². The molecule has 146 valence electrons. The van der Waals surface area contributed by atoms with Crippen molar-refractivity contribution >= 4 is 23.6 Å². The highest BCUT2D eigenvalue weighted by molar-refractivity contribution is 6.19. The van der Waals surface area contributed by atoms with E-state index in [0.29, 0.717) is 5.56 Å². The largest absolute Gasteiger partial charge is 0.456 e. The van der Waals surface area contributed by atoms with Gasteiger partial charge < -0.3 is 4.42 Å². The first-order chi connectivity index (χ1) is 13.8. The zero-order valence-corrected chi connectivity index (χ0v) is 16.1. The second-order valence-corrected chi connectivity index (χ2v) is 6.50. The first-order valence-electron chi connectivity index (χ1n) is 8.83. The van der Waals surface area contributed by atoms with Gasteiger partial charge in [-0.05, 0) is 56.2 Å². The van der Waals surface area contributed by atoms with E-state index in [1.165, 1.54) is 19.1 Å². The highest BCUT2D eigenvalue weighted by Crippen LogP contribution is 2.33. The van der Waals surface area contributed by atoms with Gasteiger partial charge in [-0.2, -0.15) is 5.26 Å². The first kappa shape index (κ1) is 19.8. The van der Waals surface area contributed by atoms with Crippen molar-refractivity contribution in [1.29, 1.82) is 5.26 Å². The number of benzene rings is 1. The minimum atomic E-state index is -0.620. The molecule has 8 heteroatoms. The number of imide groups is 1. The van der Waals surface area contributed by atoms with Crippen LogP contribution in [0.2, 0.25) is 0 Å². The molecule has 1 aliphatic rings. The van der Waals surface area contributed by atoms with Gasteiger partial charge in [0.05, 0.1) is 10.5 Å². The Kier molecular flexibility index (Phi) is 5.15. The lowest BCUT2D eigenvalue weighted by molar-refractivity contribution is -0.384. The maximum Gasteiger partial charge on any atom is 0.280 e. The Labute approximate surface area is 166 Å². The molecule has 8 nitrogen and oxygen atoms in total. The number of nitriles is 1. The Morgan fingerprint density at radius 3 is 2.55 bits per heavy atom. The number of furan rings is 1. The molecule has 1 aliphatic heterocycles. The molecular formula is C21H17N3O5. The molecule has 0 bridgehead atoms. The number of carbonyl (C=O) groups is 2. The summed E-state index contributed by atoms with van der Waals surface area (Å²) in [5.41, 5.74) is 1.32. The summed E-state index contributed by atoms with van der Waals surface area (Å²) in [6.07, 6.45) is 1.44. The maximum atomic E-state index is 12.7. The molecule has 0 atom stereocenters. The van der Waals surface area contributed by atoms with Gasteiger partial charge in [-0.1, -0.05) is 6.07 Å². The lowest BCUT2D eigenvalue weighted by Gasteiger charge is -2.25. The van der Waals surface area contributed by atoms with Gasteiger partial charge in [0, 0.05) is 18.2 Å². The van der Waals surface area contributed by atoms with E-state index in [-0.39, 0.29) is 40.5 Å². The fourth-order valence-electron chi connectivity index (χ4n) is 3.14. The lowest BCUT2D eigenvalue weighted by atomic mass is 9.95. The van der Waals surface area contributed by atoms with Crippen LogP contribution in [-0.4, -0.2) is 28.2 Å². The van der Waals surface area contributed by atoms with Gasteiger partial charge in [-0.3, -0.25) is 24.6 Å². The van der Waals surface area contributed by atoms with Crippen molar-refractivity contribution in [1.82, 2.24) is 4.90 Å². The standard InChI is InChI=1S/C21H17N3O5/c1-4-23-20(25)16(13(3)17(11-22)21(23)26)10-14-6-8-19(29-14)15-7-5-12(2)9-18(15)24(27)28/h5-10H,4H2,1-3H3/b16-10+. The van der Waals surface area contributed by atoms with Crippen LogP contribution in [-0.2, 0) is 9.59 Å². The molecule has 0 N–H and O–H groups in total. The smallest absolute Gasteiger partial charge is 0.280 e. The van der Waals surface area contributed by atoms with Crippen molar-refractivity contribution in [3.05, 3.63) is 68.5 Å². The highest BCUT2D eigenvalue weighted by Gasteiger charge is 2.34. The number of hydrogen-bond donors (Lipinski definition) is 0. The number of nitro groups is 1. The molecule has 0 fully saturated rings. The zero-order chi connectivity index (χ0) is 21.3. The summed E-state index contributed by atoms with van der Waals surface area (Å²) < 4.78 is 5.72. The zero-order valence-electron chi connectivity index (χ0n) is 16.1. The van der Waals surface area contributed by atoms with E-state index in [1.54, 1.807) is 38.1 Å². The molecule has 0 aliphatic carbocycles. The summed E-state index contributed by atoms with van der Waals surface area (Å²) in [7, 11) is 0. The molecular weight excluding hydrogens is 374 g/mol. The predicted octanol–water partition coefficient (Wildman–Crippen LogP) is 3.78. The van der Waals surface area contributed by atoms with Gasteiger partial charge >= 0.3 is 0 Å². The van der Waals surface area contributed by atoms with Crippen LogP contribution in [0.3, 0.4) is 0 Å².